The van der Waals surface area contributed by atoms with Gasteiger partial charge < -0.3 is 4.90 Å². The highest BCUT2D eigenvalue weighted by atomic mass is 32.2. The van der Waals surface area contributed by atoms with E-state index in [4.69, 9.17) is 0 Å². The summed E-state index contributed by atoms with van der Waals surface area (Å²) < 4.78 is 0. The van der Waals surface area contributed by atoms with Crippen molar-refractivity contribution >= 4 is 17.3 Å². The van der Waals surface area contributed by atoms with Crippen molar-refractivity contribution in [1.82, 2.24) is 15.1 Å². The first-order chi connectivity index (χ1) is 7.31. The largest absolute Gasteiger partial charge is 0.302 e. The van der Waals surface area contributed by atoms with E-state index in [2.05, 4.69) is 35.1 Å². The Balaban J connectivity index is 2.21. The minimum absolute atomic E-state index is 1.03. The van der Waals surface area contributed by atoms with Crippen molar-refractivity contribution in [3.8, 4) is 0 Å². The normalized spacial score (nSPS) is 17.9. The second-order valence-corrected chi connectivity index (χ2v) is 5.10. The third-order valence-corrected chi connectivity index (χ3v) is 3.48. The number of likely N-dealkylation sites (N-methyl/N-ethyl adjacent to an activating group) is 1. The van der Waals surface area contributed by atoms with E-state index < -0.39 is 0 Å². The number of aromatic nitrogens is 2. The molecule has 1 N–H and O–H groups in total. The minimum Gasteiger partial charge on any atom is -0.302 e. The Morgan fingerprint density at radius 2 is 2.47 bits per heavy atom. The third-order valence-electron chi connectivity index (χ3n) is 2.57. The van der Waals surface area contributed by atoms with Crippen molar-refractivity contribution < 1.29 is 0 Å². The highest BCUT2D eigenvalue weighted by molar-refractivity contribution is 7.99. The Morgan fingerprint density at radius 3 is 3.20 bits per heavy atom. The molecule has 0 amide bonds. The predicted octanol–water partition coefficient (Wildman–Crippen LogP) is 2.24. The maximum absolute atomic E-state index is 4.14. The molecule has 0 bridgehead atoms. The summed E-state index contributed by atoms with van der Waals surface area (Å²) in [4.78, 5) is 3.62. The predicted molar refractivity (Wildman–Crippen MR) is 65.1 cm³/mol. The van der Waals surface area contributed by atoms with Gasteiger partial charge in [0.05, 0.1) is 16.8 Å². The fraction of sp³-hybridized carbons (Fsp3) is 0.545. The van der Waals surface area contributed by atoms with E-state index >= 15 is 0 Å². The van der Waals surface area contributed by atoms with Crippen LogP contribution >= 0.6 is 11.8 Å². The summed E-state index contributed by atoms with van der Waals surface area (Å²) in [6, 6.07) is 0. The molecule has 82 valence electrons. The highest BCUT2D eigenvalue weighted by Gasteiger charge is 2.14. The molecule has 1 aliphatic rings. The van der Waals surface area contributed by atoms with Crippen molar-refractivity contribution in [2.75, 3.05) is 25.9 Å². The van der Waals surface area contributed by atoms with E-state index in [0.717, 1.165) is 25.3 Å². The Morgan fingerprint density at radius 1 is 1.60 bits per heavy atom. The second-order valence-electron chi connectivity index (χ2n) is 3.80. The number of H-pyrrole nitrogens is 1. The molecule has 2 rings (SSSR count). The molecule has 0 unspecified atom stereocenters. The van der Waals surface area contributed by atoms with Gasteiger partial charge in [0.2, 0.25) is 0 Å². The first-order valence-electron chi connectivity index (χ1n) is 5.35. The quantitative estimate of drug-likeness (QED) is 0.798. The zero-order valence-corrected chi connectivity index (χ0v) is 10.1. The molecular formula is C11H17N3S. The van der Waals surface area contributed by atoms with Crippen LogP contribution in [0.5, 0.6) is 0 Å². The van der Waals surface area contributed by atoms with Gasteiger partial charge in [0, 0.05) is 13.1 Å². The van der Waals surface area contributed by atoms with E-state index in [1.54, 1.807) is 0 Å². The lowest BCUT2D eigenvalue weighted by Gasteiger charge is -2.22. The van der Waals surface area contributed by atoms with Crippen LogP contribution in [-0.2, 0) is 0 Å². The van der Waals surface area contributed by atoms with Gasteiger partial charge in [-0.15, -0.1) is 11.8 Å². The number of nitrogens with zero attached hydrogens (tertiary/aromatic N) is 2. The number of thioether (sulfide) groups is 1. The average Bonchev–Trinajstić information content (AvgIpc) is 2.66. The van der Waals surface area contributed by atoms with Crippen molar-refractivity contribution in [2.45, 2.75) is 18.2 Å². The van der Waals surface area contributed by atoms with Crippen LogP contribution in [0.2, 0.25) is 0 Å². The van der Waals surface area contributed by atoms with Gasteiger partial charge in [-0.1, -0.05) is 13.0 Å². The number of rotatable bonds is 3. The van der Waals surface area contributed by atoms with Gasteiger partial charge in [-0.3, -0.25) is 5.10 Å². The fourth-order valence-corrected chi connectivity index (χ4v) is 2.60. The second kappa shape index (κ2) is 4.86. The molecule has 1 aromatic heterocycles. The maximum atomic E-state index is 4.14. The van der Waals surface area contributed by atoms with Gasteiger partial charge in [0.25, 0.3) is 0 Å². The summed E-state index contributed by atoms with van der Waals surface area (Å²) >= 11 is 1.85. The van der Waals surface area contributed by atoms with Crippen LogP contribution in [0.15, 0.2) is 17.2 Å². The molecular weight excluding hydrogens is 206 g/mol. The van der Waals surface area contributed by atoms with Gasteiger partial charge in [0.1, 0.15) is 0 Å². The summed E-state index contributed by atoms with van der Waals surface area (Å²) in [7, 11) is 2.16. The van der Waals surface area contributed by atoms with Crippen LogP contribution in [0.3, 0.4) is 0 Å². The molecule has 4 heteroatoms. The zero-order valence-electron chi connectivity index (χ0n) is 9.29. The molecule has 2 heterocycles. The molecule has 0 atom stereocenters. The van der Waals surface area contributed by atoms with Gasteiger partial charge in [-0.2, -0.15) is 5.10 Å². The van der Waals surface area contributed by atoms with Crippen LogP contribution in [0, 0.1) is 0 Å². The molecule has 1 aromatic rings. The number of aromatic amines is 1. The van der Waals surface area contributed by atoms with Gasteiger partial charge in [-0.25, -0.2) is 0 Å². The van der Waals surface area contributed by atoms with Crippen LogP contribution in [0.1, 0.15) is 19.0 Å². The summed E-state index contributed by atoms with van der Waals surface area (Å²) in [5.74, 6) is 1.09. The molecule has 0 saturated heterocycles. The van der Waals surface area contributed by atoms with E-state index in [1.165, 1.54) is 16.2 Å². The number of nitrogens with one attached hydrogen (secondary N) is 1. The topological polar surface area (TPSA) is 31.9 Å². The Kier molecular flexibility index (Phi) is 3.49. The molecule has 1 aliphatic heterocycles. The van der Waals surface area contributed by atoms with Crippen LogP contribution in [0.25, 0.3) is 5.57 Å². The van der Waals surface area contributed by atoms with Crippen LogP contribution in [-0.4, -0.2) is 41.0 Å². The summed E-state index contributed by atoms with van der Waals surface area (Å²) in [5.41, 5.74) is 2.60. The maximum Gasteiger partial charge on any atom is 0.0755 e. The Bertz CT molecular complexity index is 356. The van der Waals surface area contributed by atoms with Crippen molar-refractivity contribution in [1.29, 1.82) is 0 Å². The van der Waals surface area contributed by atoms with E-state index in [1.807, 2.05) is 18.0 Å². The minimum atomic E-state index is 1.03. The Labute approximate surface area is 94.9 Å². The zero-order chi connectivity index (χ0) is 10.7. The lowest BCUT2D eigenvalue weighted by atomic mass is 10.1. The highest BCUT2D eigenvalue weighted by Crippen LogP contribution is 2.28. The fourth-order valence-electron chi connectivity index (χ4n) is 1.84. The molecule has 0 aromatic carbocycles. The smallest absolute Gasteiger partial charge is 0.0755 e. The molecule has 0 fully saturated rings. The molecule has 3 nitrogen and oxygen atoms in total. The van der Waals surface area contributed by atoms with Gasteiger partial charge in [0.15, 0.2) is 0 Å². The first kappa shape index (κ1) is 10.8. The summed E-state index contributed by atoms with van der Waals surface area (Å²) in [5, 5.41) is 7.25. The monoisotopic (exact) mass is 223 g/mol. The standard InChI is InChI=1S/C11H17N3S/c1-3-15-10-7-12-13-11(10)9-5-4-6-14(2)8-9/h5,7H,3-4,6,8H2,1-2H3,(H,12,13). The van der Waals surface area contributed by atoms with Gasteiger partial charge in [-0.05, 0) is 24.8 Å². The molecule has 15 heavy (non-hydrogen) atoms. The summed E-state index contributed by atoms with van der Waals surface area (Å²) in [6.07, 6.45) is 5.40. The number of hydrogen-bond acceptors (Lipinski definition) is 3. The van der Waals surface area contributed by atoms with Crippen molar-refractivity contribution in [2.24, 2.45) is 0 Å². The number of hydrogen-bond donors (Lipinski definition) is 1. The van der Waals surface area contributed by atoms with E-state index in [0.29, 0.717) is 0 Å². The SMILES string of the molecule is CCSc1cn[nH]c1C1=CCCN(C)C1. The van der Waals surface area contributed by atoms with E-state index in [9.17, 15) is 0 Å². The third kappa shape index (κ3) is 2.44. The lowest BCUT2D eigenvalue weighted by molar-refractivity contribution is 0.372. The molecule has 0 saturated carbocycles. The van der Waals surface area contributed by atoms with Crippen molar-refractivity contribution in [3.63, 3.8) is 0 Å². The Hall–Kier alpha value is -0.740. The lowest BCUT2D eigenvalue weighted by Crippen LogP contribution is -2.25. The summed E-state index contributed by atoms with van der Waals surface area (Å²) in [6.45, 7) is 4.36. The first-order valence-corrected chi connectivity index (χ1v) is 6.34. The van der Waals surface area contributed by atoms with Crippen LogP contribution in [0.4, 0.5) is 0 Å². The molecule has 0 spiro atoms. The average molecular weight is 223 g/mol. The van der Waals surface area contributed by atoms with Crippen LogP contribution < -0.4 is 0 Å². The molecule has 0 radical (unpaired) electrons. The van der Waals surface area contributed by atoms with E-state index in [-0.39, 0.29) is 0 Å². The van der Waals surface area contributed by atoms with Gasteiger partial charge >= 0.3 is 0 Å². The molecule has 0 aliphatic carbocycles. The van der Waals surface area contributed by atoms with Crippen molar-refractivity contribution in [3.05, 3.63) is 18.0 Å².